The highest BCUT2D eigenvalue weighted by Gasteiger charge is 2.49. The number of unbranched alkanes of at least 4 members (excludes halogenated alkanes) is 2. The van der Waals surface area contributed by atoms with E-state index in [0.717, 1.165) is 6.42 Å². The molecular weight excluding hydrogens is 388 g/mol. The normalized spacial score (nSPS) is 24.6. The van der Waals surface area contributed by atoms with Crippen molar-refractivity contribution in [1.82, 2.24) is 4.90 Å². The first-order valence-electron chi connectivity index (χ1n) is 10.3. The molecule has 0 saturated carbocycles. The summed E-state index contributed by atoms with van der Waals surface area (Å²) in [5.41, 5.74) is 9.39. The number of benzene rings is 1. The summed E-state index contributed by atoms with van der Waals surface area (Å²) >= 11 is 0. The number of rotatable bonds is 8. The van der Waals surface area contributed by atoms with E-state index in [4.69, 9.17) is 19.7 Å². The lowest BCUT2D eigenvalue weighted by Crippen LogP contribution is -2.54. The number of hydrogen-bond donors (Lipinski definition) is 0. The Morgan fingerprint density at radius 3 is 2.70 bits per heavy atom. The molecule has 3 rings (SSSR count). The summed E-state index contributed by atoms with van der Waals surface area (Å²) in [6.45, 7) is 4.72. The molecule has 3 atom stereocenters. The summed E-state index contributed by atoms with van der Waals surface area (Å²) < 4.78 is 17.0. The van der Waals surface area contributed by atoms with Gasteiger partial charge in [-0.3, -0.25) is 4.79 Å². The van der Waals surface area contributed by atoms with Crippen molar-refractivity contribution in [3.8, 4) is 0 Å². The number of azide groups is 1. The Labute approximate surface area is 175 Å². The number of carbonyl (C=O) groups excluding carboxylic acids is 2. The van der Waals surface area contributed by atoms with Crippen LogP contribution in [0.25, 0.3) is 10.4 Å². The van der Waals surface area contributed by atoms with Crippen LogP contribution in [0.5, 0.6) is 0 Å². The Hall–Kier alpha value is -2.61. The summed E-state index contributed by atoms with van der Waals surface area (Å²) in [6, 6.07) is 8.40. The monoisotopic (exact) mass is 416 g/mol. The maximum Gasteiger partial charge on any atom is 0.338 e. The lowest BCUT2D eigenvalue weighted by molar-refractivity contribution is -0.147. The van der Waals surface area contributed by atoms with E-state index in [9.17, 15) is 9.59 Å². The van der Waals surface area contributed by atoms with Crippen LogP contribution in [0.3, 0.4) is 0 Å². The third kappa shape index (κ3) is 5.72. The van der Waals surface area contributed by atoms with Gasteiger partial charge in [0.15, 0.2) is 5.79 Å². The quantitative estimate of drug-likeness (QED) is 0.212. The van der Waals surface area contributed by atoms with Crippen molar-refractivity contribution in [1.29, 1.82) is 0 Å². The molecule has 0 spiro atoms. The van der Waals surface area contributed by atoms with Gasteiger partial charge in [-0.1, -0.05) is 23.3 Å². The van der Waals surface area contributed by atoms with Crippen LogP contribution >= 0.6 is 0 Å². The molecule has 0 N–H and O–H groups in total. The van der Waals surface area contributed by atoms with Gasteiger partial charge in [-0.05, 0) is 50.8 Å². The highest BCUT2D eigenvalue weighted by atomic mass is 16.8. The fourth-order valence-corrected chi connectivity index (χ4v) is 3.86. The van der Waals surface area contributed by atoms with Gasteiger partial charge >= 0.3 is 5.97 Å². The van der Waals surface area contributed by atoms with Crippen molar-refractivity contribution in [3.05, 3.63) is 46.3 Å². The molecule has 0 unspecified atom stereocenters. The second-order valence-corrected chi connectivity index (χ2v) is 8.02. The van der Waals surface area contributed by atoms with Gasteiger partial charge in [0.2, 0.25) is 5.91 Å². The lowest BCUT2D eigenvalue weighted by atomic mass is 9.99. The summed E-state index contributed by atoms with van der Waals surface area (Å²) in [4.78, 5) is 29.1. The third-order valence-electron chi connectivity index (χ3n) is 5.24. The maximum absolute atomic E-state index is 12.6. The summed E-state index contributed by atoms with van der Waals surface area (Å²) in [5, 5.41) is 3.82. The summed E-state index contributed by atoms with van der Waals surface area (Å²) in [6.07, 6.45) is 1.92. The van der Waals surface area contributed by atoms with Gasteiger partial charge in [-0.25, -0.2) is 4.79 Å². The van der Waals surface area contributed by atoms with Crippen molar-refractivity contribution in [2.45, 2.75) is 63.6 Å². The van der Waals surface area contributed by atoms with Crippen LogP contribution in [0.1, 0.15) is 49.9 Å². The molecule has 1 amide bonds. The van der Waals surface area contributed by atoms with Gasteiger partial charge < -0.3 is 19.1 Å². The lowest BCUT2D eigenvalue weighted by Gasteiger charge is -2.36. The van der Waals surface area contributed by atoms with Crippen LogP contribution in [0.2, 0.25) is 0 Å². The minimum absolute atomic E-state index is 0.00109. The van der Waals surface area contributed by atoms with Crippen molar-refractivity contribution >= 4 is 11.9 Å². The highest BCUT2D eigenvalue weighted by Crippen LogP contribution is 2.34. The Bertz CT molecular complexity index is 794. The van der Waals surface area contributed by atoms with Gasteiger partial charge in [0.25, 0.3) is 0 Å². The zero-order valence-corrected chi connectivity index (χ0v) is 17.4. The first-order valence-corrected chi connectivity index (χ1v) is 10.3. The second-order valence-electron chi connectivity index (χ2n) is 8.02. The number of esters is 1. The van der Waals surface area contributed by atoms with Gasteiger partial charge in [0.05, 0.1) is 24.3 Å². The number of fused-ring (bicyclic) bond motifs is 1. The van der Waals surface area contributed by atoms with E-state index in [2.05, 4.69) is 10.0 Å². The second kappa shape index (κ2) is 9.93. The first kappa shape index (κ1) is 22.1. The van der Waals surface area contributed by atoms with E-state index >= 15 is 0 Å². The maximum atomic E-state index is 12.6. The Morgan fingerprint density at radius 1 is 1.20 bits per heavy atom. The summed E-state index contributed by atoms with van der Waals surface area (Å²) in [5.74, 6) is -1.09. The van der Waals surface area contributed by atoms with Crippen LogP contribution < -0.4 is 0 Å². The van der Waals surface area contributed by atoms with Crippen LogP contribution in [-0.2, 0) is 19.0 Å². The molecule has 0 bridgehead atoms. The van der Waals surface area contributed by atoms with Crippen molar-refractivity contribution < 1.29 is 23.8 Å². The third-order valence-corrected chi connectivity index (χ3v) is 5.24. The zero-order chi connectivity index (χ0) is 21.6. The molecule has 2 aliphatic rings. The van der Waals surface area contributed by atoms with Crippen LogP contribution in [0.4, 0.5) is 0 Å². The number of nitrogens with zero attached hydrogens (tertiary/aromatic N) is 4. The molecule has 0 aromatic heterocycles. The number of hydrogen-bond acceptors (Lipinski definition) is 6. The standard InChI is InChI=1S/C21H28N4O5/c1-21(2)29-17-14-25(13-16(23-24-22)19(17)30-21)18(26)11-7-4-8-12-28-20(27)15-9-5-3-6-10-15/h3,5-6,9-10,16-17,19H,4,7-8,11-14H2,1-2H3/t16-,17-,19+/m0/s1. The van der Waals surface area contributed by atoms with Gasteiger partial charge in [-0.15, -0.1) is 0 Å². The number of ether oxygens (including phenoxy) is 3. The molecule has 0 aliphatic carbocycles. The van der Waals surface area contributed by atoms with Gasteiger partial charge in [0.1, 0.15) is 6.10 Å². The SMILES string of the molecule is CC1(C)O[C@@H]2[C@@H](N=[N+]=[N-])CN(C(=O)CCCCCOC(=O)c3ccccc3)C[C@@H]2O1. The molecule has 2 fully saturated rings. The minimum atomic E-state index is -0.755. The highest BCUT2D eigenvalue weighted by molar-refractivity contribution is 5.89. The number of carbonyl (C=O) groups is 2. The van der Waals surface area contributed by atoms with Crippen LogP contribution in [0, 0.1) is 0 Å². The molecule has 2 aliphatic heterocycles. The molecule has 2 saturated heterocycles. The predicted octanol–water partition coefficient (Wildman–Crippen LogP) is 3.45. The largest absolute Gasteiger partial charge is 0.462 e. The van der Waals surface area contributed by atoms with Gasteiger partial charge in [0, 0.05) is 24.4 Å². The van der Waals surface area contributed by atoms with E-state index in [1.54, 1.807) is 29.2 Å². The minimum Gasteiger partial charge on any atom is -0.462 e. The fourth-order valence-electron chi connectivity index (χ4n) is 3.86. The van der Waals surface area contributed by atoms with Crippen molar-refractivity contribution in [3.63, 3.8) is 0 Å². The zero-order valence-electron chi connectivity index (χ0n) is 17.4. The van der Waals surface area contributed by atoms with Gasteiger partial charge in [-0.2, -0.15) is 0 Å². The Kier molecular flexibility index (Phi) is 7.31. The van der Waals surface area contributed by atoms with E-state index < -0.39 is 11.8 Å². The van der Waals surface area contributed by atoms with Crippen molar-refractivity contribution in [2.75, 3.05) is 19.7 Å². The Morgan fingerprint density at radius 2 is 1.97 bits per heavy atom. The van der Waals surface area contributed by atoms with E-state index in [-0.39, 0.29) is 24.1 Å². The molecule has 9 nitrogen and oxygen atoms in total. The van der Waals surface area contributed by atoms with E-state index in [1.807, 2.05) is 19.9 Å². The fraction of sp³-hybridized carbons (Fsp3) is 0.619. The molecule has 1 aromatic rings. The van der Waals surface area contributed by atoms with Crippen molar-refractivity contribution in [2.24, 2.45) is 5.11 Å². The first-order chi connectivity index (χ1) is 14.4. The molecular formula is C21H28N4O5. The van der Waals surface area contributed by atoms with E-state index in [0.29, 0.717) is 44.5 Å². The van der Waals surface area contributed by atoms with Crippen LogP contribution in [0.15, 0.2) is 35.4 Å². The predicted molar refractivity (Wildman–Crippen MR) is 109 cm³/mol. The molecule has 1 aromatic carbocycles. The average molecular weight is 416 g/mol. The number of piperidine rings is 1. The number of likely N-dealkylation sites (tertiary alicyclic amines) is 1. The topological polar surface area (TPSA) is 114 Å². The molecule has 0 radical (unpaired) electrons. The average Bonchev–Trinajstić information content (AvgIpc) is 3.05. The summed E-state index contributed by atoms with van der Waals surface area (Å²) in [7, 11) is 0. The Balaban J connectivity index is 1.38. The molecule has 2 heterocycles. The number of amides is 1. The smallest absolute Gasteiger partial charge is 0.338 e. The molecule has 30 heavy (non-hydrogen) atoms. The van der Waals surface area contributed by atoms with Crippen LogP contribution in [-0.4, -0.2) is 60.5 Å². The molecule has 162 valence electrons. The van der Waals surface area contributed by atoms with E-state index in [1.165, 1.54) is 0 Å². The molecule has 9 heteroatoms.